The number of aromatic amines is 1. The van der Waals surface area contributed by atoms with Gasteiger partial charge in [-0.25, -0.2) is 0 Å². The van der Waals surface area contributed by atoms with Crippen molar-refractivity contribution < 1.29 is 13.5 Å². The number of aromatic nitrogens is 1. The molecule has 0 saturated carbocycles. The van der Waals surface area contributed by atoms with Gasteiger partial charge in [0.25, 0.3) is 0 Å². The third-order valence-electron chi connectivity index (χ3n) is 2.42. The molecule has 0 atom stereocenters. The molecule has 1 aromatic heterocycles. The molecule has 0 aliphatic carbocycles. The Morgan fingerprint density at radius 2 is 1.95 bits per heavy atom. The number of ether oxygens (including phenoxy) is 1. The molecular weight excluding hydrogens is 252 g/mol. The number of benzene rings is 1. The summed E-state index contributed by atoms with van der Waals surface area (Å²) >= 11 is 0. The summed E-state index contributed by atoms with van der Waals surface area (Å²) in [4.78, 5) is 2.75. The number of nitrogens with zero attached hydrogens (tertiary/aromatic N) is 2. The lowest BCUT2D eigenvalue weighted by molar-refractivity contribution is -0.0498. The van der Waals surface area contributed by atoms with Gasteiger partial charge in [-0.15, -0.1) is 0 Å². The largest absolute Gasteiger partial charge is 0.435 e. The maximum Gasteiger partial charge on any atom is 0.387 e. The Bertz CT molecular complexity index is 648. The molecule has 0 aliphatic rings. The number of rotatable bonds is 3. The lowest BCUT2D eigenvalue weighted by Crippen LogP contribution is -2.01. The Hall–Kier alpha value is -2.86. The minimum Gasteiger partial charge on any atom is -0.435 e. The SMILES string of the molecule is N#Cc1cc(-c2cccc(OC(F)F)c2)[nH]c1C#N. The van der Waals surface area contributed by atoms with Crippen molar-refractivity contribution in [2.45, 2.75) is 6.61 Å². The zero-order valence-corrected chi connectivity index (χ0v) is 9.52. The Morgan fingerprint density at radius 1 is 1.16 bits per heavy atom. The minimum atomic E-state index is -2.90. The van der Waals surface area contributed by atoms with E-state index in [2.05, 4.69) is 9.72 Å². The highest BCUT2D eigenvalue weighted by Crippen LogP contribution is 2.25. The van der Waals surface area contributed by atoms with Crippen molar-refractivity contribution in [1.29, 1.82) is 10.5 Å². The van der Waals surface area contributed by atoms with Gasteiger partial charge in [0.15, 0.2) is 0 Å². The second kappa shape index (κ2) is 5.19. The van der Waals surface area contributed by atoms with E-state index in [1.165, 1.54) is 18.2 Å². The van der Waals surface area contributed by atoms with Gasteiger partial charge in [0.05, 0.1) is 5.56 Å². The molecule has 0 saturated heterocycles. The number of nitrogens with one attached hydrogen (secondary N) is 1. The first-order valence-electron chi connectivity index (χ1n) is 5.22. The van der Waals surface area contributed by atoms with Crippen molar-refractivity contribution in [1.82, 2.24) is 4.98 Å². The summed E-state index contributed by atoms with van der Waals surface area (Å²) in [7, 11) is 0. The molecule has 0 unspecified atom stereocenters. The highest BCUT2D eigenvalue weighted by Gasteiger charge is 2.10. The highest BCUT2D eigenvalue weighted by molar-refractivity contribution is 5.65. The molecule has 94 valence electrons. The smallest absolute Gasteiger partial charge is 0.387 e. The Morgan fingerprint density at radius 3 is 2.53 bits per heavy atom. The van der Waals surface area contributed by atoms with Crippen LogP contribution in [-0.4, -0.2) is 11.6 Å². The zero-order chi connectivity index (χ0) is 13.8. The molecule has 0 radical (unpaired) electrons. The van der Waals surface area contributed by atoms with Crippen LogP contribution in [0.15, 0.2) is 30.3 Å². The van der Waals surface area contributed by atoms with Crippen LogP contribution in [0.2, 0.25) is 0 Å². The van der Waals surface area contributed by atoms with Crippen LogP contribution in [0.3, 0.4) is 0 Å². The van der Waals surface area contributed by atoms with Crippen molar-refractivity contribution in [2.75, 3.05) is 0 Å². The van der Waals surface area contributed by atoms with Crippen molar-refractivity contribution >= 4 is 0 Å². The van der Waals surface area contributed by atoms with E-state index in [9.17, 15) is 8.78 Å². The third kappa shape index (κ3) is 2.70. The number of hydrogen-bond acceptors (Lipinski definition) is 3. The fourth-order valence-corrected chi connectivity index (χ4v) is 1.63. The van der Waals surface area contributed by atoms with E-state index in [-0.39, 0.29) is 17.0 Å². The van der Waals surface area contributed by atoms with Gasteiger partial charge < -0.3 is 9.72 Å². The molecule has 1 N–H and O–H groups in total. The van der Waals surface area contributed by atoms with Crippen LogP contribution in [0.25, 0.3) is 11.3 Å². The number of halogens is 2. The summed E-state index contributed by atoms with van der Waals surface area (Å²) in [6.45, 7) is -2.90. The van der Waals surface area contributed by atoms with E-state index < -0.39 is 6.61 Å². The van der Waals surface area contributed by atoms with Gasteiger partial charge in [-0.1, -0.05) is 12.1 Å². The first kappa shape index (κ1) is 12.6. The topological polar surface area (TPSA) is 72.6 Å². The van der Waals surface area contributed by atoms with Crippen LogP contribution in [0.5, 0.6) is 5.75 Å². The van der Waals surface area contributed by atoms with Gasteiger partial charge in [-0.2, -0.15) is 19.3 Å². The molecule has 19 heavy (non-hydrogen) atoms. The number of hydrogen-bond donors (Lipinski definition) is 1. The van der Waals surface area contributed by atoms with E-state index in [0.29, 0.717) is 11.3 Å². The number of H-pyrrole nitrogens is 1. The highest BCUT2D eigenvalue weighted by atomic mass is 19.3. The number of alkyl halides is 2. The lowest BCUT2D eigenvalue weighted by Gasteiger charge is -2.05. The molecule has 2 aromatic rings. The Labute approximate surface area is 107 Å². The lowest BCUT2D eigenvalue weighted by atomic mass is 10.1. The molecule has 1 heterocycles. The molecule has 6 heteroatoms. The minimum absolute atomic E-state index is 0.0131. The van der Waals surface area contributed by atoms with Gasteiger partial charge in [0, 0.05) is 11.3 Å². The van der Waals surface area contributed by atoms with Crippen LogP contribution in [0, 0.1) is 22.7 Å². The summed E-state index contributed by atoms with van der Waals surface area (Å²) in [5, 5.41) is 17.7. The summed E-state index contributed by atoms with van der Waals surface area (Å²) < 4.78 is 28.5. The zero-order valence-electron chi connectivity index (χ0n) is 9.52. The molecule has 0 aliphatic heterocycles. The van der Waals surface area contributed by atoms with Gasteiger partial charge in [-0.05, 0) is 18.2 Å². The van der Waals surface area contributed by atoms with E-state index in [4.69, 9.17) is 10.5 Å². The van der Waals surface area contributed by atoms with Gasteiger partial charge >= 0.3 is 6.61 Å². The summed E-state index contributed by atoms with van der Waals surface area (Å²) in [6.07, 6.45) is 0. The fourth-order valence-electron chi connectivity index (χ4n) is 1.63. The van der Waals surface area contributed by atoms with E-state index in [1.807, 2.05) is 12.1 Å². The molecular formula is C13H7F2N3O. The Balaban J connectivity index is 2.40. The monoisotopic (exact) mass is 259 g/mol. The van der Waals surface area contributed by atoms with Gasteiger partial charge in [-0.3, -0.25) is 0 Å². The van der Waals surface area contributed by atoms with Crippen LogP contribution in [0.4, 0.5) is 8.78 Å². The van der Waals surface area contributed by atoms with Gasteiger partial charge in [0.2, 0.25) is 0 Å². The van der Waals surface area contributed by atoms with E-state index in [0.717, 1.165) is 0 Å². The quantitative estimate of drug-likeness (QED) is 0.920. The average molecular weight is 259 g/mol. The molecule has 0 amide bonds. The normalized spacial score (nSPS) is 9.95. The maximum atomic E-state index is 12.1. The first-order valence-corrected chi connectivity index (χ1v) is 5.22. The second-order valence-corrected chi connectivity index (χ2v) is 3.60. The second-order valence-electron chi connectivity index (χ2n) is 3.60. The first-order chi connectivity index (χ1) is 9.13. The van der Waals surface area contributed by atoms with Crippen molar-refractivity contribution in [3.05, 3.63) is 41.6 Å². The average Bonchev–Trinajstić information content (AvgIpc) is 2.81. The fraction of sp³-hybridized carbons (Fsp3) is 0.0769. The molecule has 0 bridgehead atoms. The van der Waals surface area contributed by atoms with Gasteiger partial charge in [0.1, 0.15) is 23.6 Å². The van der Waals surface area contributed by atoms with Crippen molar-refractivity contribution in [3.8, 4) is 29.1 Å². The molecule has 0 fully saturated rings. The van der Waals surface area contributed by atoms with E-state index >= 15 is 0 Å². The third-order valence-corrected chi connectivity index (χ3v) is 2.42. The Kier molecular flexibility index (Phi) is 3.44. The molecule has 2 rings (SSSR count). The van der Waals surface area contributed by atoms with Crippen molar-refractivity contribution in [3.63, 3.8) is 0 Å². The van der Waals surface area contributed by atoms with Crippen LogP contribution in [0.1, 0.15) is 11.3 Å². The van der Waals surface area contributed by atoms with Crippen LogP contribution < -0.4 is 4.74 Å². The van der Waals surface area contributed by atoms with E-state index in [1.54, 1.807) is 12.1 Å². The standard InChI is InChI=1S/C13H7F2N3O/c14-13(15)19-10-3-1-2-8(4-10)11-5-9(6-16)12(7-17)18-11/h1-5,13,18H. The molecule has 1 aromatic carbocycles. The van der Waals surface area contributed by atoms with Crippen LogP contribution >= 0.6 is 0 Å². The predicted octanol–water partition coefficient (Wildman–Crippen LogP) is 3.03. The predicted molar refractivity (Wildman–Crippen MR) is 62.3 cm³/mol. The summed E-state index contributed by atoms with van der Waals surface area (Å²) in [5.41, 5.74) is 1.39. The summed E-state index contributed by atoms with van der Waals surface area (Å²) in [6, 6.07) is 11.2. The molecule has 0 spiro atoms. The maximum absolute atomic E-state index is 12.1. The molecule has 4 nitrogen and oxygen atoms in total. The van der Waals surface area contributed by atoms with Crippen molar-refractivity contribution in [2.24, 2.45) is 0 Å². The summed E-state index contributed by atoms with van der Waals surface area (Å²) in [5.74, 6) is 0.0131. The van der Waals surface area contributed by atoms with Crippen LogP contribution in [-0.2, 0) is 0 Å². The number of nitriles is 2.